The van der Waals surface area contributed by atoms with Gasteiger partial charge < -0.3 is 19.8 Å². The van der Waals surface area contributed by atoms with Crippen LogP contribution in [0.25, 0.3) is 12.2 Å². The number of fused-ring (bicyclic) bond motifs is 2. The molecule has 2 saturated carbocycles. The third-order valence-corrected chi connectivity index (χ3v) is 13.3. The van der Waals surface area contributed by atoms with Crippen molar-refractivity contribution in [3.05, 3.63) is 178 Å². The Morgan fingerprint density at radius 3 is 1.47 bits per heavy atom. The molecule has 316 valence electrons. The van der Waals surface area contributed by atoms with E-state index >= 15 is 0 Å². The van der Waals surface area contributed by atoms with Crippen LogP contribution in [-0.2, 0) is 28.5 Å². The molecule has 0 aliphatic heterocycles. The normalized spacial score (nSPS) is 20.7. The summed E-state index contributed by atoms with van der Waals surface area (Å²) < 4.78 is 0. The van der Waals surface area contributed by atoms with Gasteiger partial charge in [0.2, 0.25) is 0 Å². The number of allylic oxidation sites excluding steroid dienone is 2. The van der Waals surface area contributed by atoms with Crippen molar-refractivity contribution in [2.45, 2.75) is 55.8 Å². The van der Waals surface area contributed by atoms with Gasteiger partial charge in [-0.15, -0.1) is 0 Å². The highest BCUT2D eigenvalue weighted by Crippen LogP contribution is 2.45. The fourth-order valence-electron chi connectivity index (χ4n) is 9.41. The SMILES string of the molecule is CN(C)c1cccc(C2(c3ccccc3)C=Cc3c(C(=NO)C4CCC4)n[nH]c3C2)c1.CON=C(c1n[nH]c2c1C=CC(c1ccccc1)(c1cccc(N(C)C)c1)C2)C1CC1. The van der Waals surface area contributed by atoms with Gasteiger partial charge in [-0.05, 0) is 72.2 Å². The van der Waals surface area contributed by atoms with Gasteiger partial charge in [0.25, 0.3) is 0 Å². The van der Waals surface area contributed by atoms with Crippen molar-refractivity contribution in [1.29, 1.82) is 0 Å². The van der Waals surface area contributed by atoms with E-state index < -0.39 is 0 Å². The van der Waals surface area contributed by atoms with Crippen LogP contribution in [0.2, 0.25) is 0 Å². The smallest absolute Gasteiger partial charge is 0.117 e. The Morgan fingerprint density at radius 2 is 1.06 bits per heavy atom. The molecule has 2 unspecified atom stereocenters. The van der Waals surface area contributed by atoms with Crippen LogP contribution in [0.1, 0.15) is 88.3 Å². The summed E-state index contributed by atoms with van der Waals surface area (Å²) in [5.74, 6) is 0.765. The van der Waals surface area contributed by atoms with Gasteiger partial charge in [-0.1, -0.05) is 126 Å². The lowest BCUT2D eigenvalue weighted by molar-refractivity contribution is 0.212. The lowest BCUT2D eigenvalue weighted by Gasteiger charge is -2.35. The van der Waals surface area contributed by atoms with Gasteiger partial charge in [-0.2, -0.15) is 10.2 Å². The number of hydrogen-bond donors (Lipinski definition) is 3. The molecule has 10 nitrogen and oxygen atoms in total. The molecule has 10 heteroatoms. The molecule has 0 bridgehead atoms. The number of hydrogen-bond acceptors (Lipinski definition) is 8. The monoisotopic (exact) mass is 824 g/mol. The second-order valence-corrected chi connectivity index (χ2v) is 17.6. The second-order valence-electron chi connectivity index (χ2n) is 17.6. The topological polar surface area (TPSA) is 118 Å². The first kappa shape index (κ1) is 40.7. The summed E-state index contributed by atoms with van der Waals surface area (Å²) in [5, 5.41) is 33.5. The fourth-order valence-corrected chi connectivity index (χ4v) is 9.41. The van der Waals surface area contributed by atoms with Crippen molar-refractivity contribution in [2.24, 2.45) is 22.1 Å². The predicted octanol–water partition coefficient (Wildman–Crippen LogP) is 9.80. The van der Waals surface area contributed by atoms with Crippen LogP contribution in [0.5, 0.6) is 0 Å². The molecule has 62 heavy (non-hydrogen) atoms. The van der Waals surface area contributed by atoms with Crippen molar-refractivity contribution in [1.82, 2.24) is 20.4 Å². The largest absolute Gasteiger partial charge is 0.411 e. The molecule has 2 aromatic heterocycles. The average Bonchev–Trinajstić information content (AvgIpc) is 3.93. The summed E-state index contributed by atoms with van der Waals surface area (Å²) in [6, 6.07) is 39.0. The summed E-state index contributed by atoms with van der Waals surface area (Å²) in [7, 11) is 9.91. The van der Waals surface area contributed by atoms with Crippen molar-refractivity contribution in [3.8, 4) is 0 Å². The summed E-state index contributed by atoms with van der Waals surface area (Å²) >= 11 is 0. The lowest BCUT2D eigenvalue weighted by atomic mass is 9.68. The van der Waals surface area contributed by atoms with E-state index in [1.54, 1.807) is 7.11 Å². The van der Waals surface area contributed by atoms with Gasteiger partial charge in [-0.3, -0.25) is 10.2 Å². The molecule has 2 fully saturated rings. The lowest BCUT2D eigenvalue weighted by Crippen LogP contribution is -2.31. The minimum atomic E-state index is -0.295. The van der Waals surface area contributed by atoms with E-state index in [0.29, 0.717) is 11.8 Å². The molecule has 0 spiro atoms. The van der Waals surface area contributed by atoms with Gasteiger partial charge in [0.1, 0.15) is 29.9 Å². The Labute approximate surface area is 364 Å². The van der Waals surface area contributed by atoms with Crippen LogP contribution in [0.4, 0.5) is 11.4 Å². The van der Waals surface area contributed by atoms with E-state index in [1.165, 1.54) is 40.0 Å². The quantitative estimate of drug-likeness (QED) is 0.0681. The number of oxime groups is 2. The minimum absolute atomic E-state index is 0.262. The maximum atomic E-state index is 9.68. The van der Waals surface area contributed by atoms with Crippen LogP contribution in [0.15, 0.2) is 132 Å². The molecule has 3 N–H and O–H groups in total. The molecule has 4 aliphatic carbocycles. The number of nitrogens with zero attached hydrogens (tertiary/aromatic N) is 6. The zero-order valence-electron chi connectivity index (χ0n) is 36.3. The third kappa shape index (κ3) is 7.52. The number of nitrogens with one attached hydrogen (secondary N) is 2. The van der Waals surface area contributed by atoms with Crippen LogP contribution < -0.4 is 9.80 Å². The number of aromatic nitrogens is 4. The van der Waals surface area contributed by atoms with Crippen LogP contribution in [0.3, 0.4) is 0 Å². The van der Waals surface area contributed by atoms with Gasteiger partial charge in [0.05, 0.1) is 0 Å². The highest BCUT2D eigenvalue weighted by atomic mass is 16.6. The van der Waals surface area contributed by atoms with E-state index in [1.807, 2.05) is 0 Å². The average molecular weight is 825 g/mol. The maximum absolute atomic E-state index is 9.68. The van der Waals surface area contributed by atoms with Crippen LogP contribution >= 0.6 is 0 Å². The Kier molecular flexibility index (Phi) is 11.2. The molecule has 10 rings (SSSR count). The summed E-state index contributed by atoms with van der Waals surface area (Å²) in [4.78, 5) is 9.43. The molecule has 0 saturated heterocycles. The molecule has 0 radical (unpaired) electrons. The minimum Gasteiger partial charge on any atom is -0.411 e. The Balaban J connectivity index is 0.000000158. The van der Waals surface area contributed by atoms with E-state index in [2.05, 4.69) is 202 Å². The molecular weight excluding hydrogens is 769 g/mol. The highest BCUT2D eigenvalue weighted by molar-refractivity contribution is 6.05. The van der Waals surface area contributed by atoms with Gasteiger partial charge in [0, 0.05) is 97.6 Å². The number of aromatic amines is 2. The Bertz CT molecular complexity index is 2650. The van der Waals surface area contributed by atoms with Crippen molar-refractivity contribution in [2.75, 3.05) is 45.1 Å². The van der Waals surface area contributed by atoms with Gasteiger partial charge >= 0.3 is 0 Å². The van der Waals surface area contributed by atoms with E-state index in [0.717, 1.165) is 83.9 Å². The predicted molar refractivity (Wildman–Crippen MR) is 251 cm³/mol. The molecule has 0 amide bonds. The van der Waals surface area contributed by atoms with Crippen molar-refractivity contribution >= 4 is 35.0 Å². The molecule has 4 aromatic carbocycles. The fraction of sp³-hybridized carbons (Fsp3) is 0.308. The highest BCUT2D eigenvalue weighted by Gasteiger charge is 2.40. The van der Waals surface area contributed by atoms with Gasteiger partial charge in [-0.25, -0.2) is 0 Å². The molecular formula is C52H56N8O2. The molecule has 6 aromatic rings. The van der Waals surface area contributed by atoms with E-state index in [4.69, 9.17) is 4.84 Å². The number of benzene rings is 4. The van der Waals surface area contributed by atoms with Crippen LogP contribution in [0, 0.1) is 11.8 Å². The zero-order valence-corrected chi connectivity index (χ0v) is 36.3. The van der Waals surface area contributed by atoms with Crippen molar-refractivity contribution < 1.29 is 10.0 Å². The summed E-state index contributed by atoms with van der Waals surface area (Å²) in [5.41, 5.74) is 14.7. The van der Waals surface area contributed by atoms with E-state index in [-0.39, 0.29) is 10.8 Å². The van der Waals surface area contributed by atoms with Gasteiger partial charge in [0.15, 0.2) is 0 Å². The molecule has 4 aliphatic rings. The first-order valence-electron chi connectivity index (χ1n) is 21.8. The third-order valence-electron chi connectivity index (χ3n) is 13.3. The van der Waals surface area contributed by atoms with Crippen LogP contribution in [-0.4, -0.2) is 72.3 Å². The standard InChI is InChI=1S/2C26H28N4O/c1-30(2)21-11-7-10-20(16-21)26(19-8-5-4-6-9-19)15-14-22-23(17-26)27-28-25(22)24(29-31-3)18-12-13-18;1-30(2)21-13-7-12-20(16-21)26(19-10-4-3-5-11-19)15-14-22-23(17-26)27-28-25(22)24(29-31)18-8-6-9-18/h4-11,14-16,18H,12-13,17H2,1-3H3,(H,27,28);3-5,7,10-16,18,31H,6,8-9,17H2,1-2H3,(H,27,28). The number of anilines is 2. The Hall–Kier alpha value is -6.68. The summed E-state index contributed by atoms with van der Waals surface area (Å²) in [6.07, 6.45) is 16.2. The zero-order chi connectivity index (χ0) is 42.8. The van der Waals surface area contributed by atoms with Crippen molar-refractivity contribution in [3.63, 3.8) is 0 Å². The summed E-state index contributed by atoms with van der Waals surface area (Å²) in [6.45, 7) is 0. The number of rotatable bonds is 11. The number of H-pyrrole nitrogens is 2. The second kappa shape index (κ2) is 17.0. The maximum Gasteiger partial charge on any atom is 0.117 e. The van der Waals surface area contributed by atoms with E-state index in [9.17, 15) is 5.21 Å². The first-order chi connectivity index (χ1) is 30.2. The molecule has 2 heterocycles. The first-order valence-corrected chi connectivity index (χ1v) is 21.8. The molecule has 2 atom stereocenters. The Morgan fingerprint density at radius 1 is 0.613 bits per heavy atom.